The summed E-state index contributed by atoms with van der Waals surface area (Å²) in [6, 6.07) is 13.1. The molecule has 0 amide bonds. The van der Waals surface area contributed by atoms with Gasteiger partial charge in [0.1, 0.15) is 11.6 Å². The number of H-pyrrole nitrogens is 1. The first-order valence-corrected chi connectivity index (χ1v) is 8.35. The highest BCUT2D eigenvalue weighted by molar-refractivity contribution is 5.84. The van der Waals surface area contributed by atoms with E-state index in [1.165, 1.54) is 17.2 Å². The lowest BCUT2D eigenvalue weighted by Gasteiger charge is -2.06. The maximum absolute atomic E-state index is 13.5. The van der Waals surface area contributed by atoms with Crippen molar-refractivity contribution in [3.8, 4) is 5.75 Å². The predicted octanol–water partition coefficient (Wildman–Crippen LogP) is 4.21. The van der Waals surface area contributed by atoms with Crippen molar-refractivity contribution in [2.45, 2.75) is 18.9 Å². The van der Waals surface area contributed by atoms with Crippen molar-refractivity contribution in [2.24, 2.45) is 5.92 Å². The van der Waals surface area contributed by atoms with Gasteiger partial charge in [0.2, 0.25) is 0 Å². The van der Waals surface area contributed by atoms with Crippen LogP contribution in [0.1, 0.15) is 23.5 Å². The van der Waals surface area contributed by atoms with Gasteiger partial charge < -0.3 is 15.0 Å². The number of benzene rings is 2. The van der Waals surface area contributed by atoms with Crippen molar-refractivity contribution in [1.29, 1.82) is 0 Å². The molecule has 1 aromatic heterocycles. The third kappa shape index (κ3) is 3.02. The van der Waals surface area contributed by atoms with Crippen LogP contribution in [0.3, 0.4) is 0 Å². The van der Waals surface area contributed by atoms with Crippen LogP contribution in [0.25, 0.3) is 10.9 Å². The molecule has 1 saturated carbocycles. The second-order valence-corrected chi connectivity index (χ2v) is 6.52. The van der Waals surface area contributed by atoms with Crippen molar-refractivity contribution in [1.82, 2.24) is 10.3 Å². The molecule has 0 bridgehead atoms. The lowest BCUT2D eigenvalue weighted by Crippen LogP contribution is -2.16. The van der Waals surface area contributed by atoms with Gasteiger partial charge in [-0.25, -0.2) is 4.39 Å². The Morgan fingerprint density at radius 1 is 1.25 bits per heavy atom. The van der Waals surface area contributed by atoms with E-state index in [0.29, 0.717) is 11.8 Å². The minimum atomic E-state index is -0.170. The molecule has 0 spiro atoms. The first-order chi connectivity index (χ1) is 11.7. The van der Waals surface area contributed by atoms with Crippen LogP contribution in [-0.2, 0) is 6.54 Å². The molecule has 1 fully saturated rings. The SMILES string of the molecule is COc1cccc(CNC[C@@H]2C[C@H]2c2c[nH]c3ccc(F)cc23)c1. The zero-order valence-electron chi connectivity index (χ0n) is 13.7. The van der Waals surface area contributed by atoms with Crippen molar-refractivity contribution in [2.75, 3.05) is 13.7 Å². The van der Waals surface area contributed by atoms with Crippen LogP contribution in [0.2, 0.25) is 0 Å². The van der Waals surface area contributed by atoms with Crippen LogP contribution in [0.5, 0.6) is 5.75 Å². The standard InChI is InChI=1S/C20H21FN2O/c1-24-16-4-2-3-13(7-16)10-22-11-14-8-17(14)19-12-23-20-6-5-15(21)9-18(19)20/h2-7,9,12,14,17,22-23H,8,10-11H2,1H3/t14-,17+/m0/s1. The Labute approximate surface area is 140 Å². The van der Waals surface area contributed by atoms with E-state index < -0.39 is 0 Å². The number of halogens is 1. The first kappa shape index (κ1) is 15.2. The molecule has 3 nitrogen and oxygen atoms in total. The fraction of sp³-hybridized carbons (Fsp3) is 0.300. The summed E-state index contributed by atoms with van der Waals surface area (Å²) in [5, 5.41) is 4.55. The van der Waals surface area contributed by atoms with E-state index in [1.807, 2.05) is 24.4 Å². The molecule has 0 aliphatic heterocycles. The number of hydrogen-bond donors (Lipinski definition) is 2. The monoisotopic (exact) mass is 324 g/mol. The largest absolute Gasteiger partial charge is 0.497 e. The average Bonchev–Trinajstić information content (AvgIpc) is 3.24. The molecule has 4 rings (SSSR count). The topological polar surface area (TPSA) is 37.0 Å². The van der Waals surface area contributed by atoms with Crippen molar-refractivity contribution in [3.05, 3.63) is 65.6 Å². The Bertz CT molecular complexity index is 858. The van der Waals surface area contributed by atoms with Gasteiger partial charge in [0.25, 0.3) is 0 Å². The molecule has 0 radical (unpaired) electrons. The van der Waals surface area contributed by atoms with Gasteiger partial charge in [-0.3, -0.25) is 0 Å². The third-order valence-corrected chi connectivity index (χ3v) is 4.87. The summed E-state index contributed by atoms with van der Waals surface area (Å²) in [4.78, 5) is 3.25. The van der Waals surface area contributed by atoms with Crippen molar-refractivity contribution >= 4 is 10.9 Å². The number of aromatic nitrogens is 1. The molecule has 1 aliphatic carbocycles. The molecule has 1 heterocycles. The van der Waals surface area contributed by atoms with E-state index in [4.69, 9.17) is 4.74 Å². The normalized spacial score (nSPS) is 19.6. The summed E-state index contributed by atoms with van der Waals surface area (Å²) in [6.45, 7) is 1.81. The van der Waals surface area contributed by atoms with Gasteiger partial charge in [0.05, 0.1) is 7.11 Å². The zero-order chi connectivity index (χ0) is 16.5. The maximum Gasteiger partial charge on any atom is 0.123 e. The number of rotatable bonds is 6. The maximum atomic E-state index is 13.5. The van der Waals surface area contributed by atoms with E-state index in [-0.39, 0.29) is 5.82 Å². The van der Waals surface area contributed by atoms with Gasteiger partial charge in [-0.2, -0.15) is 0 Å². The van der Waals surface area contributed by atoms with Gasteiger partial charge in [0, 0.05) is 23.6 Å². The number of hydrogen-bond acceptors (Lipinski definition) is 2. The van der Waals surface area contributed by atoms with Crippen LogP contribution in [-0.4, -0.2) is 18.6 Å². The molecule has 2 atom stereocenters. The Balaban J connectivity index is 1.35. The molecular weight excluding hydrogens is 303 g/mol. The zero-order valence-corrected chi connectivity index (χ0v) is 13.7. The number of aromatic amines is 1. The van der Waals surface area contributed by atoms with Crippen molar-refractivity contribution < 1.29 is 9.13 Å². The molecule has 0 saturated heterocycles. The fourth-order valence-corrected chi connectivity index (χ4v) is 3.46. The fourth-order valence-electron chi connectivity index (χ4n) is 3.46. The number of nitrogens with one attached hydrogen (secondary N) is 2. The minimum absolute atomic E-state index is 0.170. The van der Waals surface area contributed by atoms with E-state index in [2.05, 4.69) is 22.4 Å². The summed E-state index contributed by atoms with van der Waals surface area (Å²) in [5.41, 5.74) is 3.49. The second-order valence-electron chi connectivity index (χ2n) is 6.52. The highest BCUT2D eigenvalue weighted by Gasteiger charge is 2.39. The van der Waals surface area contributed by atoms with Crippen LogP contribution in [0, 0.1) is 11.7 Å². The quantitative estimate of drug-likeness (QED) is 0.713. The molecule has 24 heavy (non-hydrogen) atoms. The Morgan fingerprint density at radius 3 is 3.04 bits per heavy atom. The summed E-state index contributed by atoms with van der Waals surface area (Å²) in [6.07, 6.45) is 3.20. The van der Waals surface area contributed by atoms with E-state index in [9.17, 15) is 4.39 Å². The molecule has 124 valence electrons. The van der Waals surface area contributed by atoms with Gasteiger partial charge in [-0.05, 0) is 66.3 Å². The predicted molar refractivity (Wildman–Crippen MR) is 93.8 cm³/mol. The summed E-state index contributed by atoms with van der Waals surface area (Å²) in [5.74, 6) is 1.87. The third-order valence-electron chi connectivity index (χ3n) is 4.87. The lowest BCUT2D eigenvalue weighted by atomic mass is 10.1. The van der Waals surface area contributed by atoms with E-state index in [0.717, 1.165) is 36.2 Å². The highest BCUT2D eigenvalue weighted by Crippen LogP contribution is 2.49. The van der Waals surface area contributed by atoms with Gasteiger partial charge in [-0.15, -0.1) is 0 Å². The molecule has 2 N–H and O–H groups in total. The molecule has 4 heteroatoms. The van der Waals surface area contributed by atoms with Crippen LogP contribution < -0.4 is 10.1 Å². The molecule has 3 aromatic rings. The lowest BCUT2D eigenvalue weighted by molar-refractivity contribution is 0.414. The minimum Gasteiger partial charge on any atom is -0.497 e. The Hall–Kier alpha value is -2.33. The summed E-state index contributed by atoms with van der Waals surface area (Å²) < 4.78 is 18.7. The van der Waals surface area contributed by atoms with E-state index >= 15 is 0 Å². The smallest absolute Gasteiger partial charge is 0.123 e. The van der Waals surface area contributed by atoms with Crippen LogP contribution in [0.4, 0.5) is 4.39 Å². The van der Waals surface area contributed by atoms with Gasteiger partial charge in [-0.1, -0.05) is 12.1 Å². The second kappa shape index (κ2) is 6.29. The Kier molecular flexibility index (Phi) is 3.98. The van der Waals surface area contributed by atoms with Crippen LogP contribution >= 0.6 is 0 Å². The Morgan fingerprint density at radius 2 is 2.17 bits per heavy atom. The van der Waals surface area contributed by atoms with Gasteiger partial charge >= 0.3 is 0 Å². The van der Waals surface area contributed by atoms with E-state index in [1.54, 1.807) is 13.2 Å². The van der Waals surface area contributed by atoms with Crippen molar-refractivity contribution in [3.63, 3.8) is 0 Å². The van der Waals surface area contributed by atoms with Gasteiger partial charge in [0.15, 0.2) is 0 Å². The molecule has 1 aliphatic rings. The number of fused-ring (bicyclic) bond motifs is 1. The first-order valence-electron chi connectivity index (χ1n) is 8.35. The molecular formula is C20H21FN2O. The number of ether oxygens (including phenoxy) is 1. The molecule has 2 aromatic carbocycles. The summed E-state index contributed by atoms with van der Waals surface area (Å²) in [7, 11) is 1.69. The van der Waals surface area contributed by atoms with Crippen LogP contribution in [0.15, 0.2) is 48.7 Å². The molecule has 0 unspecified atom stereocenters. The number of methoxy groups -OCH3 is 1. The average molecular weight is 324 g/mol. The highest BCUT2D eigenvalue weighted by atomic mass is 19.1. The summed E-state index contributed by atoms with van der Waals surface area (Å²) >= 11 is 0.